The minimum Gasteiger partial charge on any atom is -0.324 e. The van der Waals surface area contributed by atoms with E-state index in [-0.39, 0.29) is 11.2 Å². The molecule has 0 radical (unpaired) electrons. The van der Waals surface area contributed by atoms with Gasteiger partial charge in [0.15, 0.2) is 0 Å². The third-order valence-corrected chi connectivity index (χ3v) is 5.31. The summed E-state index contributed by atoms with van der Waals surface area (Å²) in [6.45, 7) is 6.04. The van der Waals surface area contributed by atoms with Crippen LogP contribution in [0.2, 0.25) is 5.02 Å². The highest BCUT2D eigenvalue weighted by Gasteiger charge is 2.25. The molecule has 2 aromatic carbocycles. The van der Waals surface area contributed by atoms with Gasteiger partial charge in [0.05, 0.1) is 23.4 Å². The fourth-order valence-corrected chi connectivity index (χ4v) is 3.38. The van der Waals surface area contributed by atoms with Gasteiger partial charge in [0.2, 0.25) is 5.95 Å². The van der Waals surface area contributed by atoms with Gasteiger partial charge in [-0.05, 0) is 48.9 Å². The minimum atomic E-state index is -0.366. The molecule has 0 saturated heterocycles. The number of hydrogen-bond donors (Lipinski definition) is 1. The molecule has 152 valence electrons. The van der Waals surface area contributed by atoms with Gasteiger partial charge < -0.3 is 9.88 Å². The van der Waals surface area contributed by atoms with Crippen LogP contribution in [0, 0.1) is 12.7 Å². The molecule has 0 aliphatic heterocycles. The van der Waals surface area contributed by atoms with Gasteiger partial charge in [-0.1, -0.05) is 37.6 Å². The van der Waals surface area contributed by atoms with Crippen LogP contribution in [0.1, 0.15) is 30.8 Å². The molecule has 0 unspecified atom stereocenters. The summed E-state index contributed by atoms with van der Waals surface area (Å²) in [5, 5.41) is 3.78. The first-order valence-corrected chi connectivity index (χ1v) is 9.88. The predicted molar refractivity (Wildman–Crippen MR) is 117 cm³/mol. The number of nitrogens with zero attached hydrogens (tertiary/aromatic N) is 4. The molecule has 4 aromatic rings. The van der Waals surface area contributed by atoms with E-state index in [9.17, 15) is 4.39 Å². The third-order valence-electron chi connectivity index (χ3n) is 5.06. The first-order chi connectivity index (χ1) is 14.3. The molecule has 0 amide bonds. The largest absolute Gasteiger partial charge is 0.324 e. The van der Waals surface area contributed by atoms with Crippen LogP contribution < -0.4 is 5.32 Å². The minimum absolute atomic E-state index is 0.349. The van der Waals surface area contributed by atoms with Crippen LogP contribution in [0.15, 0.2) is 67.3 Å². The maximum absolute atomic E-state index is 14.6. The van der Waals surface area contributed by atoms with Crippen molar-refractivity contribution in [3.63, 3.8) is 0 Å². The maximum atomic E-state index is 14.6. The second kappa shape index (κ2) is 7.88. The Morgan fingerprint density at radius 2 is 1.80 bits per heavy atom. The van der Waals surface area contributed by atoms with Crippen LogP contribution in [0.25, 0.3) is 5.69 Å². The Kier molecular flexibility index (Phi) is 5.26. The highest BCUT2D eigenvalue weighted by molar-refractivity contribution is 6.30. The van der Waals surface area contributed by atoms with Gasteiger partial charge in [0.25, 0.3) is 0 Å². The van der Waals surface area contributed by atoms with Crippen LogP contribution in [0.4, 0.5) is 16.0 Å². The van der Waals surface area contributed by atoms with E-state index in [1.807, 2.05) is 37.3 Å². The molecule has 0 aliphatic rings. The predicted octanol–water partition coefficient (Wildman–Crippen LogP) is 5.83. The molecule has 4 rings (SSSR count). The molecule has 5 nitrogen and oxygen atoms in total. The number of aromatic nitrogens is 4. The van der Waals surface area contributed by atoms with Crippen molar-refractivity contribution < 1.29 is 4.39 Å². The van der Waals surface area contributed by atoms with Crippen LogP contribution in [0.5, 0.6) is 0 Å². The molecule has 0 aliphatic carbocycles. The second-order valence-electron chi connectivity index (χ2n) is 7.61. The van der Waals surface area contributed by atoms with Gasteiger partial charge >= 0.3 is 0 Å². The van der Waals surface area contributed by atoms with E-state index in [1.165, 1.54) is 6.07 Å². The summed E-state index contributed by atoms with van der Waals surface area (Å²) in [4.78, 5) is 13.1. The quantitative estimate of drug-likeness (QED) is 0.440. The van der Waals surface area contributed by atoms with Crippen molar-refractivity contribution in [1.82, 2.24) is 19.5 Å². The zero-order valence-corrected chi connectivity index (χ0v) is 17.7. The molecule has 0 fully saturated rings. The summed E-state index contributed by atoms with van der Waals surface area (Å²) >= 11 is 6.02. The number of benzene rings is 2. The normalized spacial score (nSPS) is 11.5. The number of halogens is 2. The summed E-state index contributed by atoms with van der Waals surface area (Å²) in [6.07, 6.45) is 5.06. The van der Waals surface area contributed by atoms with Gasteiger partial charge in [-0.3, -0.25) is 0 Å². The molecule has 1 N–H and O–H groups in total. The lowest BCUT2D eigenvalue weighted by atomic mass is 9.81. The molecule has 0 atom stereocenters. The Morgan fingerprint density at radius 3 is 2.47 bits per heavy atom. The molecule has 0 saturated carbocycles. The lowest BCUT2D eigenvalue weighted by Crippen LogP contribution is -2.21. The van der Waals surface area contributed by atoms with Crippen LogP contribution in [-0.4, -0.2) is 19.5 Å². The van der Waals surface area contributed by atoms with Crippen molar-refractivity contribution in [3.8, 4) is 5.69 Å². The fraction of sp³-hybridized carbons (Fsp3) is 0.174. The van der Waals surface area contributed by atoms with E-state index in [0.717, 1.165) is 17.0 Å². The number of hydrogen-bond acceptors (Lipinski definition) is 4. The molecular weight excluding hydrogens is 401 g/mol. The van der Waals surface area contributed by atoms with Crippen LogP contribution in [-0.2, 0) is 5.41 Å². The standard InChI is InChI=1S/C23H21ClFN5/c1-15-13-30(14-27-15)20-9-8-18(12-19(20)25)28-22-26-11-10-21(29-22)23(2,3)16-4-6-17(24)7-5-16/h4-14H,1-3H3,(H,26,28,29). The maximum Gasteiger partial charge on any atom is 0.227 e. The number of nitrogens with one attached hydrogen (secondary N) is 1. The van der Waals surface area contributed by atoms with E-state index < -0.39 is 0 Å². The van der Waals surface area contributed by atoms with Crippen molar-refractivity contribution in [1.29, 1.82) is 0 Å². The Labute approximate surface area is 179 Å². The molecule has 2 aromatic heterocycles. The zero-order valence-electron chi connectivity index (χ0n) is 16.9. The SMILES string of the molecule is Cc1cn(-c2ccc(Nc3nccc(C(C)(C)c4ccc(Cl)cc4)n3)cc2F)cn1. The Morgan fingerprint density at radius 1 is 1.03 bits per heavy atom. The van der Waals surface area contributed by atoms with Gasteiger partial charge in [-0.25, -0.2) is 19.3 Å². The lowest BCUT2D eigenvalue weighted by molar-refractivity contribution is 0.615. The summed E-state index contributed by atoms with van der Waals surface area (Å²) < 4.78 is 16.3. The van der Waals surface area contributed by atoms with Crippen molar-refractivity contribution >= 4 is 23.2 Å². The topological polar surface area (TPSA) is 55.6 Å². The van der Waals surface area contributed by atoms with Gasteiger partial charge in [0.1, 0.15) is 5.82 Å². The molecule has 0 bridgehead atoms. The van der Waals surface area contributed by atoms with Crippen molar-refractivity contribution in [3.05, 3.63) is 95.0 Å². The summed E-state index contributed by atoms with van der Waals surface area (Å²) in [7, 11) is 0. The van der Waals surface area contributed by atoms with E-state index in [1.54, 1.807) is 35.4 Å². The van der Waals surface area contributed by atoms with E-state index >= 15 is 0 Å². The third kappa shape index (κ3) is 4.04. The van der Waals surface area contributed by atoms with E-state index in [0.29, 0.717) is 22.3 Å². The monoisotopic (exact) mass is 421 g/mol. The molecule has 0 spiro atoms. The summed E-state index contributed by atoms with van der Waals surface area (Å²) in [6, 6.07) is 14.5. The number of anilines is 2. The molecule has 2 heterocycles. The zero-order chi connectivity index (χ0) is 21.3. The number of aryl methyl sites for hydroxylation is 1. The molecule has 7 heteroatoms. The summed E-state index contributed by atoms with van der Waals surface area (Å²) in [5.74, 6) is 0.0372. The van der Waals surface area contributed by atoms with Crippen LogP contribution >= 0.6 is 11.6 Å². The average molecular weight is 422 g/mol. The van der Waals surface area contributed by atoms with Gasteiger partial charge in [0, 0.05) is 28.5 Å². The smallest absolute Gasteiger partial charge is 0.227 e. The highest BCUT2D eigenvalue weighted by Crippen LogP contribution is 2.31. The van der Waals surface area contributed by atoms with E-state index in [2.05, 4.69) is 34.1 Å². The first kappa shape index (κ1) is 20.0. The Balaban J connectivity index is 1.59. The summed E-state index contributed by atoms with van der Waals surface area (Å²) in [5.41, 5.74) is 3.40. The Hall–Kier alpha value is -3.25. The van der Waals surface area contributed by atoms with Crippen LogP contribution in [0.3, 0.4) is 0 Å². The molecular formula is C23H21ClFN5. The van der Waals surface area contributed by atoms with Gasteiger partial charge in [-0.15, -0.1) is 0 Å². The molecule has 30 heavy (non-hydrogen) atoms. The average Bonchev–Trinajstić information content (AvgIpc) is 3.14. The second-order valence-corrected chi connectivity index (χ2v) is 8.05. The lowest BCUT2D eigenvalue weighted by Gasteiger charge is -2.25. The number of imidazole rings is 1. The number of rotatable bonds is 5. The van der Waals surface area contributed by atoms with E-state index in [4.69, 9.17) is 11.6 Å². The first-order valence-electron chi connectivity index (χ1n) is 9.50. The van der Waals surface area contributed by atoms with Crippen molar-refractivity contribution in [2.24, 2.45) is 0 Å². The van der Waals surface area contributed by atoms with Crippen molar-refractivity contribution in [2.45, 2.75) is 26.2 Å². The Bertz CT molecular complexity index is 1180. The fourth-order valence-electron chi connectivity index (χ4n) is 3.26. The van der Waals surface area contributed by atoms with Crippen molar-refractivity contribution in [2.75, 3.05) is 5.32 Å². The highest BCUT2D eigenvalue weighted by atomic mass is 35.5. The van der Waals surface area contributed by atoms with Gasteiger partial charge in [-0.2, -0.15) is 0 Å².